The van der Waals surface area contributed by atoms with Crippen molar-refractivity contribution in [2.45, 2.75) is 32.2 Å². The molecule has 0 radical (unpaired) electrons. The van der Waals surface area contributed by atoms with Crippen LogP contribution >= 0.6 is 0 Å². The highest BCUT2D eigenvalue weighted by Gasteiger charge is 2.19. The lowest BCUT2D eigenvalue weighted by Crippen LogP contribution is -2.47. The van der Waals surface area contributed by atoms with Crippen molar-refractivity contribution in [2.24, 2.45) is 0 Å². The predicted molar refractivity (Wildman–Crippen MR) is 84.4 cm³/mol. The first kappa shape index (κ1) is 15.8. The second kappa shape index (κ2) is 8.66. The molecular formula is C17H25N3O. The summed E-state index contributed by atoms with van der Waals surface area (Å²) in [6.45, 7) is 7.26. The average Bonchev–Trinajstić information content (AvgIpc) is 2.55. The Labute approximate surface area is 127 Å². The Morgan fingerprint density at radius 2 is 2.14 bits per heavy atom. The van der Waals surface area contributed by atoms with Gasteiger partial charge in [-0.15, -0.1) is 0 Å². The van der Waals surface area contributed by atoms with Gasteiger partial charge in [0.25, 0.3) is 0 Å². The summed E-state index contributed by atoms with van der Waals surface area (Å²) in [7, 11) is 0. The van der Waals surface area contributed by atoms with Crippen molar-refractivity contribution in [1.29, 1.82) is 5.26 Å². The summed E-state index contributed by atoms with van der Waals surface area (Å²) in [5.41, 5.74) is 0.670. The molecule has 1 N–H and O–H groups in total. The van der Waals surface area contributed by atoms with Crippen molar-refractivity contribution in [3.05, 3.63) is 29.8 Å². The molecule has 0 aliphatic carbocycles. The molecule has 1 aromatic rings. The Kier molecular flexibility index (Phi) is 6.52. The average molecular weight is 287 g/mol. The molecule has 1 unspecified atom stereocenters. The van der Waals surface area contributed by atoms with E-state index in [1.165, 1.54) is 19.3 Å². The van der Waals surface area contributed by atoms with E-state index in [1.54, 1.807) is 12.1 Å². The molecular weight excluding hydrogens is 262 g/mol. The van der Waals surface area contributed by atoms with Gasteiger partial charge in [-0.2, -0.15) is 5.26 Å². The van der Waals surface area contributed by atoms with E-state index in [0.29, 0.717) is 18.2 Å². The van der Waals surface area contributed by atoms with Crippen LogP contribution in [-0.2, 0) is 0 Å². The number of nitrogens with one attached hydrogen (secondary N) is 1. The van der Waals surface area contributed by atoms with Crippen molar-refractivity contribution in [1.82, 2.24) is 10.2 Å². The maximum Gasteiger partial charge on any atom is 0.119 e. The highest BCUT2D eigenvalue weighted by atomic mass is 16.5. The lowest BCUT2D eigenvalue weighted by molar-refractivity contribution is 0.138. The van der Waals surface area contributed by atoms with E-state index in [1.807, 2.05) is 12.1 Å². The molecule has 2 rings (SSSR count). The lowest BCUT2D eigenvalue weighted by Gasteiger charge is -2.34. The maximum absolute atomic E-state index is 8.78. The van der Waals surface area contributed by atoms with Crippen LogP contribution in [0.3, 0.4) is 0 Å². The summed E-state index contributed by atoms with van der Waals surface area (Å²) in [6, 6.07) is 10.1. The van der Waals surface area contributed by atoms with Gasteiger partial charge in [0.2, 0.25) is 0 Å². The van der Waals surface area contributed by atoms with Gasteiger partial charge in [-0.3, -0.25) is 4.90 Å². The van der Waals surface area contributed by atoms with Gasteiger partial charge in [-0.05, 0) is 56.6 Å². The maximum atomic E-state index is 8.78. The van der Waals surface area contributed by atoms with Crippen LogP contribution in [0.5, 0.6) is 5.75 Å². The van der Waals surface area contributed by atoms with E-state index in [0.717, 1.165) is 31.9 Å². The molecule has 4 nitrogen and oxygen atoms in total. The third-order valence-corrected chi connectivity index (χ3v) is 3.93. The standard InChI is InChI=1S/C17H25N3O/c1-2-10-20(16-4-3-9-19-14-16)11-12-21-17-7-5-15(13-18)6-8-17/h5-8,16,19H,2-4,9-12,14H2,1H3. The van der Waals surface area contributed by atoms with Gasteiger partial charge < -0.3 is 10.1 Å². The van der Waals surface area contributed by atoms with Crippen molar-refractivity contribution < 1.29 is 4.74 Å². The van der Waals surface area contributed by atoms with Crippen LogP contribution in [0, 0.1) is 11.3 Å². The molecule has 0 aromatic heterocycles. The van der Waals surface area contributed by atoms with Crippen LogP contribution in [0.15, 0.2) is 24.3 Å². The molecule has 1 aromatic carbocycles. The zero-order chi connectivity index (χ0) is 14.9. The number of rotatable bonds is 7. The Hall–Kier alpha value is -1.57. The fourth-order valence-electron chi connectivity index (χ4n) is 2.82. The minimum Gasteiger partial charge on any atom is -0.492 e. The summed E-state index contributed by atoms with van der Waals surface area (Å²) in [4.78, 5) is 2.54. The monoisotopic (exact) mass is 287 g/mol. The number of piperidine rings is 1. The summed E-state index contributed by atoms with van der Waals surface area (Å²) in [6.07, 6.45) is 3.72. The SMILES string of the molecule is CCCN(CCOc1ccc(C#N)cc1)C1CCCNC1. The smallest absolute Gasteiger partial charge is 0.119 e. The van der Waals surface area contributed by atoms with Crippen molar-refractivity contribution in [3.63, 3.8) is 0 Å². The molecule has 0 amide bonds. The molecule has 4 heteroatoms. The van der Waals surface area contributed by atoms with Gasteiger partial charge in [-0.25, -0.2) is 0 Å². The summed E-state index contributed by atoms with van der Waals surface area (Å²) in [5, 5.41) is 12.3. The molecule has 1 heterocycles. The van der Waals surface area contributed by atoms with Crippen LogP contribution in [0.1, 0.15) is 31.7 Å². The van der Waals surface area contributed by atoms with Gasteiger partial charge in [0.15, 0.2) is 0 Å². The van der Waals surface area contributed by atoms with E-state index in [9.17, 15) is 0 Å². The topological polar surface area (TPSA) is 48.3 Å². The van der Waals surface area contributed by atoms with Gasteiger partial charge >= 0.3 is 0 Å². The zero-order valence-corrected chi connectivity index (χ0v) is 12.8. The first-order valence-corrected chi connectivity index (χ1v) is 7.91. The van der Waals surface area contributed by atoms with E-state index in [-0.39, 0.29) is 0 Å². The van der Waals surface area contributed by atoms with Crippen LogP contribution < -0.4 is 10.1 Å². The first-order valence-electron chi connectivity index (χ1n) is 7.91. The van der Waals surface area contributed by atoms with Gasteiger partial charge in [0, 0.05) is 19.1 Å². The number of hydrogen-bond acceptors (Lipinski definition) is 4. The predicted octanol–water partition coefficient (Wildman–Crippen LogP) is 2.40. The third kappa shape index (κ3) is 5.04. The Balaban J connectivity index is 1.79. The molecule has 21 heavy (non-hydrogen) atoms. The minimum atomic E-state index is 0.642. The molecule has 0 bridgehead atoms. The fourth-order valence-corrected chi connectivity index (χ4v) is 2.82. The Bertz CT molecular complexity index is 446. The number of benzene rings is 1. The second-order valence-corrected chi connectivity index (χ2v) is 5.52. The van der Waals surface area contributed by atoms with Crippen molar-refractivity contribution in [3.8, 4) is 11.8 Å². The van der Waals surface area contributed by atoms with Crippen LogP contribution in [0.4, 0.5) is 0 Å². The number of nitriles is 1. The summed E-state index contributed by atoms with van der Waals surface area (Å²) in [5.74, 6) is 0.840. The zero-order valence-electron chi connectivity index (χ0n) is 12.8. The molecule has 0 spiro atoms. The Morgan fingerprint density at radius 3 is 2.76 bits per heavy atom. The van der Waals surface area contributed by atoms with Gasteiger partial charge in [0.1, 0.15) is 12.4 Å². The van der Waals surface area contributed by atoms with Crippen LogP contribution in [0.25, 0.3) is 0 Å². The number of hydrogen-bond donors (Lipinski definition) is 1. The van der Waals surface area contributed by atoms with Crippen LogP contribution in [0.2, 0.25) is 0 Å². The quantitative estimate of drug-likeness (QED) is 0.836. The molecule has 0 saturated carbocycles. The Morgan fingerprint density at radius 1 is 1.33 bits per heavy atom. The van der Waals surface area contributed by atoms with E-state index < -0.39 is 0 Å². The molecule has 114 valence electrons. The lowest BCUT2D eigenvalue weighted by atomic mass is 10.1. The van der Waals surface area contributed by atoms with Gasteiger partial charge in [-0.1, -0.05) is 6.92 Å². The minimum absolute atomic E-state index is 0.642. The normalized spacial score (nSPS) is 18.4. The fraction of sp³-hybridized carbons (Fsp3) is 0.588. The first-order chi connectivity index (χ1) is 10.3. The van der Waals surface area contributed by atoms with Crippen molar-refractivity contribution >= 4 is 0 Å². The van der Waals surface area contributed by atoms with Gasteiger partial charge in [0.05, 0.1) is 11.6 Å². The van der Waals surface area contributed by atoms with E-state index >= 15 is 0 Å². The molecule has 1 aliphatic rings. The third-order valence-electron chi connectivity index (χ3n) is 3.93. The molecule has 1 saturated heterocycles. The van der Waals surface area contributed by atoms with E-state index in [2.05, 4.69) is 23.2 Å². The summed E-state index contributed by atoms with van der Waals surface area (Å²) < 4.78 is 5.80. The second-order valence-electron chi connectivity index (χ2n) is 5.52. The number of ether oxygens (including phenoxy) is 1. The molecule has 1 fully saturated rings. The highest BCUT2D eigenvalue weighted by molar-refractivity contribution is 5.34. The van der Waals surface area contributed by atoms with E-state index in [4.69, 9.17) is 10.00 Å². The van der Waals surface area contributed by atoms with Crippen LogP contribution in [-0.4, -0.2) is 43.7 Å². The summed E-state index contributed by atoms with van der Waals surface area (Å²) >= 11 is 0. The molecule has 1 atom stereocenters. The largest absolute Gasteiger partial charge is 0.492 e. The highest BCUT2D eigenvalue weighted by Crippen LogP contribution is 2.13. The molecule has 1 aliphatic heterocycles. The number of nitrogens with zero attached hydrogens (tertiary/aromatic N) is 2. The van der Waals surface area contributed by atoms with Crippen molar-refractivity contribution in [2.75, 3.05) is 32.8 Å².